The summed E-state index contributed by atoms with van der Waals surface area (Å²) in [6.45, 7) is 2.40. The number of hydrogen-bond donors (Lipinski definition) is 0. The molecule has 1 unspecified atom stereocenters. The Balaban J connectivity index is 2.18. The zero-order chi connectivity index (χ0) is 12.7. The zero-order valence-corrected chi connectivity index (χ0v) is 10.9. The van der Waals surface area contributed by atoms with Gasteiger partial charge in [0.1, 0.15) is 0 Å². The molecule has 0 N–H and O–H groups in total. The van der Waals surface area contributed by atoms with E-state index in [0.29, 0.717) is 6.61 Å². The molecule has 0 spiro atoms. The van der Waals surface area contributed by atoms with Crippen LogP contribution in [0.15, 0.2) is 30.3 Å². The van der Waals surface area contributed by atoms with Crippen molar-refractivity contribution in [3.05, 3.63) is 35.9 Å². The van der Waals surface area contributed by atoms with Gasteiger partial charge in [-0.15, -0.1) is 0 Å². The van der Waals surface area contributed by atoms with Crippen molar-refractivity contribution in [2.24, 2.45) is 0 Å². The molecular weight excluding hydrogens is 240 g/mol. The number of ether oxygens (including phenoxy) is 1. The van der Waals surface area contributed by atoms with E-state index in [1.165, 1.54) is 5.56 Å². The van der Waals surface area contributed by atoms with Gasteiger partial charge in [0.2, 0.25) is 0 Å². The highest BCUT2D eigenvalue weighted by atomic mass is 32.2. The molecule has 0 saturated heterocycles. The van der Waals surface area contributed by atoms with Crippen molar-refractivity contribution in [1.82, 2.24) is 0 Å². The van der Waals surface area contributed by atoms with Gasteiger partial charge < -0.3 is 4.74 Å². The highest BCUT2D eigenvalue weighted by Crippen LogP contribution is 2.02. The fraction of sp³-hybridized carbons (Fsp3) is 0.500. The lowest BCUT2D eigenvalue weighted by atomic mass is 10.2. The summed E-state index contributed by atoms with van der Waals surface area (Å²) >= 11 is 0. The van der Waals surface area contributed by atoms with Crippen LogP contribution in [0.1, 0.15) is 12.5 Å². The van der Waals surface area contributed by atoms with Gasteiger partial charge in [0.05, 0.1) is 25.6 Å². The summed E-state index contributed by atoms with van der Waals surface area (Å²) < 4.78 is 31.6. The van der Waals surface area contributed by atoms with Gasteiger partial charge in [0.25, 0.3) is 10.1 Å². The van der Waals surface area contributed by atoms with Gasteiger partial charge >= 0.3 is 0 Å². The smallest absolute Gasteiger partial charge is 0.264 e. The van der Waals surface area contributed by atoms with Gasteiger partial charge in [-0.2, -0.15) is 8.42 Å². The van der Waals surface area contributed by atoms with Crippen LogP contribution in [-0.4, -0.2) is 34.0 Å². The third-order valence-electron chi connectivity index (χ3n) is 2.15. The minimum atomic E-state index is -3.38. The second-order valence-corrected chi connectivity index (χ2v) is 5.55. The summed E-state index contributed by atoms with van der Waals surface area (Å²) in [4.78, 5) is 0. The highest BCUT2D eigenvalue weighted by Gasteiger charge is 2.07. The summed E-state index contributed by atoms with van der Waals surface area (Å²) in [6, 6.07) is 9.98. The minimum Gasteiger partial charge on any atom is -0.376 e. The lowest BCUT2D eigenvalue weighted by Crippen LogP contribution is -2.19. The first-order valence-electron chi connectivity index (χ1n) is 5.47. The Morgan fingerprint density at radius 2 is 1.88 bits per heavy atom. The molecule has 0 saturated carbocycles. The third-order valence-corrected chi connectivity index (χ3v) is 2.72. The van der Waals surface area contributed by atoms with Crippen LogP contribution < -0.4 is 0 Å². The standard InChI is InChI=1S/C12H18O4S/c1-11(10-16-17(2,13)14)15-9-8-12-6-4-3-5-7-12/h3-7,11H,8-10H2,1-2H3. The molecule has 0 fully saturated rings. The topological polar surface area (TPSA) is 52.6 Å². The summed E-state index contributed by atoms with van der Waals surface area (Å²) in [5.41, 5.74) is 1.20. The van der Waals surface area contributed by atoms with Crippen LogP contribution >= 0.6 is 0 Å². The Hall–Kier alpha value is -0.910. The van der Waals surface area contributed by atoms with Crippen LogP contribution in [0.4, 0.5) is 0 Å². The van der Waals surface area contributed by atoms with E-state index in [4.69, 9.17) is 4.74 Å². The fourth-order valence-electron chi connectivity index (χ4n) is 1.29. The molecule has 1 aromatic carbocycles. The quantitative estimate of drug-likeness (QED) is 0.697. The van der Waals surface area contributed by atoms with Crippen LogP contribution in [0, 0.1) is 0 Å². The van der Waals surface area contributed by atoms with Crippen molar-refractivity contribution in [1.29, 1.82) is 0 Å². The average Bonchev–Trinajstić information content (AvgIpc) is 2.27. The van der Waals surface area contributed by atoms with E-state index < -0.39 is 10.1 Å². The first-order chi connectivity index (χ1) is 7.97. The molecule has 0 aromatic heterocycles. The van der Waals surface area contributed by atoms with E-state index in [0.717, 1.165) is 12.7 Å². The van der Waals surface area contributed by atoms with Crippen molar-refractivity contribution in [2.45, 2.75) is 19.4 Å². The van der Waals surface area contributed by atoms with E-state index in [9.17, 15) is 8.42 Å². The Morgan fingerprint density at radius 1 is 1.24 bits per heavy atom. The van der Waals surface area contributed by atoms with E-state index >= 15 is 0 Å². The minimum absolute atomic E-state index is 0.0631. The van der Waals surface area contributed by atoms with Crippen molar-refractivity contribution < 1.29 is 17.3 Å². The Morgan fingerprint density at radius 3 is 2.47 bits per heavy atom. The van der Waals surface area contributed by atoms with Gasteiger partial charge in [-0.25, -0.2) is 0 Å². The maximum absolute atomic E-state index is 10.8. The predicted molar refractivity (Wildman–Crippen MR) is 66.4 cm³/mol. The summed E-state index contributed by atoms with van der Waals surface area (Å²) in [6.07, 6.45) is 1.61. The second-order valence-electron chi connectivity index (χ2n) is 3.91. The maximum atomic E-state index is 10.8. The van der Waals surface area contributed by atoms with Gasteiger partial charge in [-0.3, -0.25) is 4.18 Å². The molecule has 0 aliphatic heterocycles. The molecule has 0 aliphatic rings. The van der Waals surface area contributed by atoms with Crippen molar-refractivity contribution >= 4 is 10.1 Å². The van der Waals surface area contributed by atoms with Crippen LogP contribution in [0.5, 0.6) is 0 Å². The Kier molecular flexibility index (Phi) is 5.61. The molecule has 5 heteroatoms. The largest absolute Gasteiger partial charge is 0.376 e. The highest BCUT2D eigenvalue weighted by molar-refractivity contribution is 7.85. The number of hydrogen-bond acceptors (Lipinski definition) is 4. The van der Waals surface area contributed by atoms with Gasteiger partial charge in [-0.05, 0) is 18.9 Å². The molecule has 1 aromatic rings. The van der Waals surface area contributed by atoms with E-state index in [-0.39, 0.29) is 12.7 Å². The molecule has 96 valence electrons. The number of rotatable bonds is 7. The van der Waals surface area contributed by atoms with Crippen molar-refractivity contribution in [2.75, 3.05) is 19.5 Å². The first kappa shape index (κ1) is 14.2. The summed E-state index contributed by atoms with van der Waals surface area (Å²) in [5.74, 6) is 0. The van der Waals surface area contributed by atoms with Gasteiger partial charge in [0.15, 0.2) is 0 Å². The third kappa shape index (κ3) is 7.10. The molecule has 17 heavy (non-hydrogen) atoms. The zero-order valence-electron chi connectivity index (χ0n) is 10.1. The predicted octanol–water partition coefficient (Wildman–Crippen LogP) is 1.61. The van der Waals surface area contributed by atoms with Crippen LogP contribution in [0.3, 0.4) is 0 Å². The molecule has 4 nitrogen and oxygen atoms in total. The SMILES string of the molecule is CC(COS(C)(=O)=O)OCCc1ccccc1. The van der Waals surface area contributed by atoms with Gasteiger partial charge in [-0.1, -0.05) is 30.3 Å². The Labute approximate surface area is 103 Å². The molecule has 0 heterocycles. The fourth-order valence-corrected chi connectivity index (χ4v) is 1.73. The normalized spacial score (nSPS) is 13.5. The van der Waals surface area contributed by atoms with E-state index in [1.807, 2.05) is 30.3 Å². The second kappa shape index (κ2) is 6.74. The van der Waals surface area contributed by atoms with E-state index in [2.05, 4.69) is 4.18 Å². The lowest BCUT2D eigenvalue weighted by Gasteiger charge is -2.12. The number of benzene rings is 1. The molecule has 1 atom stereocenters. The molecule has 1 rings (SSSR count). The maximum Gasteiger partial charge on any atom is 0.264 e. The van der Waals surface area contributed by atoms with Crippen LogP contribution in [0.2, 0.25) is 0 Å². The van der Waals surface area contributed by atoms with Gasteiger partial charge in [0, 0.05) is 0 Å². The van der Waals surface area contributed by atoms with E-state index in [1.54, 1.807) is 6.92 Å². The van der Waals surface area contributed by atoms with Crippen molar-refractivity contribution in [3.63, 3.8) is 0 Å². The monoisotopic (exact) mass is 258 g/mol. The van der Waals surface area contributed by atoms with Crippen LogP contribution in [-0.2, 0) is 25.5 Å². The molecular formula is C12H18O4S. The summed E-state index contributed by atoms with van der Waals surface area (Å²) in [7, 11) is -3.38. The molecule has 0 bridgehead atoms. The molecule has 0 radical (unpaired) electrons. The Bertz CT molecular complexity index is 413. The van der Waals surface area contributed by atoms with Crippen molar-refractivity contribution in [3.8, 4) is 0 Å². The molecule has 0 amide bonds. The van der Waals surface area contributed by atoms with Crippen LogP contribution in [0.25, 0.3) is 0 Å². The lowest BCUT2D eigenvalue weighted by molar-refractivity contribution is 0.0360. The average molecular weight is 258 g/mol. The summed E-state index contributed by atoms with van der Waals surface area (Å²) in [5, 5.41) is 0. The first-order valence-corrected chi connectivity index (χ1v) is 7.29. The molecule has 0 aliphatic carbocycles.